The van der Waals surface area contributed by atoms with Crippen molar-refractivity contribution in [3.63, 3.8) is 0 Å². The molecule has 0 aromatic carbocycles. The molecule has 1 heterocycles. The minimum Gasteiger partial charge on any atom is -0.466 e. The molecule has 4 heteroatoms. The summed E-state index contributed by atoms with van der Waals surface area (Å²) in [6, 6.07) is 0. The summed E-state index contributed by atoms with van der Waals surface area (Å²) in [6.07, 6.45) is 0.591. The predicted molar refractivity (Wildman–Crippen MR) is 53.0 cm³/mol. The Kier molecular flexibility index (Phi) is 4.90. The van der Waals surface area contributed by atoms with Crippen molar-refractivity contribution in [1.29, 1.82) is 0 Å². The number of rotatable bonds is 4. The third-order valence-corrected chi connectivity index (χ3v) is 2.38. The molecule has 1 N–H and O–H groups in total. The number of nitrogens with one attached hydrogen (secondary N) is 1. The Labute approximate surface area is 85.0 Å². The third kappa shape index (κ3) is 3.64. The summed E-state index contributed by atoms with van der Waals surface area (Å²) in [5, 5.41) is 3.24. The van der Waals surface area contributed by atoms with Crippen molar-refractivity contribution in [3.8, 4) is 0 Å². The van der Waals surface area contributed by atoms with Gasteiger partial charge in [-0.3, -0.25) is 4.79 Å². The fourth-order valence-corrected chi connectivity index (χ4v) is 1.57. The summed E-state index contributed by atoms with van der Waals surface area (Å²) in [6.45, 7) is 6.77. The zero-order valence-corrected chi connectivity index (χ0v) is 8.91. The molecule has 4 nitrogen and oxygen atoms in total. The molecule has 1 saturated heterocycles. The Morgan fingerprint density at radius 3 is 3.07 bits per heavy atom. The molecule has 14 heavy (non-hydrogen) atoms. The molecular weight excluding hydrogens is 182 g/mol. The van der Waals surface area contributed by atoms with Crippen LogP contribution < -0.4 is 5.32 Å². The van der Waals surface area contributed by atoms with Crippen molar-refractivity contribution in [3.05, 3.63) is 0 Å². The van der Waals surface area contributed by atoms with E-state index in [0.717, 1.165) is 19.7 Å². The minimum atomic E-state index is -0.130. The van der Waals surface area contributed by atoms with E-state index in [4.69, 9.17) is 9.47 Å². The van der Waals surface area contributed by atoms with Gasteiger partial charge in [0.2, 0.25) is 0 Å². The first-order valence-electron chi connectivity index (χ1n) is 5.22. The van der Waals surface area contributed by atoms with Crippen molar-refractivity contribution >= 4 is 5.97 Å². The summed E-state index contributed by atoms with van der Waals surface area (Å²) in [5.74, 6) is 0.0935. The number of carbonyl (C=O) groups is 1. The lowest BCUT2D eigenvalue weighted by Gasteiger charge is -2.28. The molecule has 0 aromatic rings. The van der Waals surface area contributed by atoms with E-state index >= 15 is 0 Å². The summed E-state index contributed by atoms with van der Waals surface area (Å²) in [7, 11) is 0. The Balaban J connectivity index is 2.25. The lowest BCUT2D eigenvalue weighted by atomic mass is 10.00. The summed E-state index contributed by atoms with van der Waals surface area (Å²) in [4.78, 5) is 11.2. The van der Waals surface area contributed by atoms with Crippen LogP contribution in [0.3, 0.4) is 0 Å². The molecule has 0 aromatic heterocycles. The SMILES string of the molecule is CCOC(=O)CC(C)C1CNCCO1. The zero-order valence-electron chi connectivity index (χ0n) is 8.91. The van der Waals surface area contributed by atoms with Crippen LogP contribution in [0.4, 0.5) is 0 Å². The van der Waals surface area contributed by atoms with Gasteiger partial charge in [-0.15, -0.1) is 0 Å². The van der Waals surface area contributed by atoms with Gasteiger partial charge in [-0.1, -0.05) is 6.92 Å². The molecule has 0 aliphatic carbocycles. The maximum atomic E-state index is 11.2. The molecule has 82 valence electrons. The standard InChI is InChI=1S/C10H19NO3/c1-3-13-10(12)6-8(2)9-7-11-4-5-14-9/h8-9,11H,3-7H2,1-2H3. The topological polar surface area (TPSA) is 47.6 Å². The van der Waals surface area contributed by atoms with Gasteiger partial charge in [-0.2, -0.15) is 0 Å². The molecule has 1 aliphatic rings. The van der Waals surface area contributed by atoms with E-state index < -0.39 is 0 Å². The van der Waals surface area contributed by atoms with Crippen molar-refractivity contribution < 1.29 is 14.3 Å². The number of morpholine rings is 1. The fourth-order valence-electron chi connectivity index (χ4n) is 1.57. The number of esters is 1. The molecule has 0 bridgehead atoms. The number of hydrogen-bond acceptors (Lipinski definition) is 4. The van der Waals surface area contributed by atoms with Crippen LogP contribution in [-0.4, -0.2) is 38.4 Å². The first kappa shape index (κ1) is 11.5. The molecule has 2 unspecified atom stereocenters. The van der Waals surface area contributed by atoms with Gasteiger partial charge in [0.15, 0.2) is 0 Å². The fraction of sp³-hybridized carbons (Fsp3) is 0.900. The highest BCUT2D eigenvalue weighted by molar-refractivity contribution is 5.69. The van der Waals surface area contributed by atoms with Gasteiger partial charge < -0.3 is 14.8 Å². The molecule has 0 amide bonds. The number of carbonyl (C=O) groups excluding carboxylic acids is 1. The maximum Gasteiger partial charge on any atom is 0.306 e. The van der Waals surface area contributed by atoms with Gasteiger partial charge in [0.25, 0.3) is 0 Å². The molecule has 1 fully saturated rings. The minimum absolute atomic E-state index is 0.130. The normalized spacial score (nSPS) is 24.3. The summed E-state index contributed by atoms with van der Waals surface area (Å²) >= 11 is 0. The number of ether oxygens (including phenoxy) is 2. The predicted octanol–water partition coefficient (Wildman–Crippen LogP) is 0.564. The van der Waals surface area contributed by atoms with E-state index in [1.54, 1.807) is 0 Å². The lowest BCUT2D eigenvalue weighted by molar-refractivity contribution is -0.145. The van der Waals surface area contributed by atoms with Gasteiger partial charge in [-0.25, -0.2) is 0 Å². The molecule has 2 atom stereocenters. The van der Waals surface area contributed by atoms with Crippen LogP contribution in [0.2, 0.25) is 0 Å². The second-order valence-electron chi connectivity index (χ2n) is 3.60. The molecule has 0 radical (unpaired) electrons. The molecule has 1 aliphatic heterocycles. The first-order valence-corrected chi connectivity index (χ1v) is 5.22. The maximum absolute atomic E-state index is 11.2. The van der Waals surface area contributed by atoms with E-state index in [1.165, 1.54) is 0 Å². The van der Waals surface area contributed by atoms with Crippen molar-refractivity contribution in [1.82, 2.24) is 5.32 Å². The van der Waals surface area contributed by atoms with Gasteiger partial charge in [0.05, 0.1) is 25.7 Å². The lowest BCUT2D eigenvalue weighted by Crippen LogP contribution is -2.42. The van der Waals surface area contributed by atoms with Crippen LogP contribution >= 0.6 is 0 Å². The van der Waals surface area contributed by atoms with E-state index in [1.807, 2.05) is 13.8 Å². The van der Waals surface area contributed by atoms with Crippen molar-refractivity contribution in [2.45, 2.75) is 26.4 Å². The van der Waals surface area contributed by atoms with Crippen LogP contribution in [-0.2, 0) is 14.3 Å². The van der Waals surface area contributed by atoms with Gasteiger partial charge in [0.1, 0.15) is 0 Å². The molecule has 1 rings (SSSR count). The van der Waals surface area contributed by atoms with Crippen molar-refractivity contribution in [2.24, 2.45) is 5.92 Å². The van der Waals surface area contributed by atoms with E-state index in [9.17, 15) is 4.79 Å². The van der Waals surface area contributed by atoms with Crippen LogP contribution in [0.15, 0.2) is 0 Å². The monoisotopic (exact) mass is 201 g/mol. The quantitative estimate of drug-likeness (QED) is 0.675. The molecule has 0 saturated carbocycles. The molecular formula is C10H19NO3. The summed E-state index contributed by atoms with van der Waals surface area (Å²) < 4.78 is 10.4. The second-order valence-corrected chi connectivity index (χ2v) is 3.60. The largest absolute Gasteiger partial charge is 0.466 e. The highest BCUT2D eigenvalue weighted by Gasteiger charge is 2.23. The zero-order chi connectivity index (χ0) is 10.4. The van der Waals surface area contributed by atoms with Crippen molar-refractivity contribution in [2.75, 3.05) is 26.3 Å². The first-order chi connectivity index (χ1) is 6.74. The van der Waals surface area contributed by atoms with E-state index in [0.29, 0.717) is 13.0 Å². The Hall–Kier alpha value is -0.610. The van der Waals surface area contributed by atoms with Gasteiger partial charge in [-0.05, 0) is 12.8 Å². The Morgan fingerprint density at radius 2 is 2.50 bits per heavy atom. The van der Waals surface area contributed by atoms with E-state index in [-0.39, 0.29) is 18.0 Å². The Morgan fingerprint density at radius 1 is 1.71 bits per heavy atom. The van der Waals surface area contributed by atoms with Crippen LogP contribution in [0.25, 0.3) is 0 Å². The van der Waals surface area contributed by atoms with Gasteiger partial charge >= 0.3 is 5.97 Å². The smallest absolute Gasteiger partial charge is 0.306 e. The average molecular weight is 201 g/mol. The van der Waals surface area contributed by atoms with Crippen LogP contribution in [0, 0.1) is 5.92 Å². The van der Waals surface area contributed by atoms with E-state index in [2.05, 4.69) is 5.32 Å². The summed E-state index contributed by atoms with van der Waals surface area (Å²) in [5.41, 5.74) is 0. The highest BCUT2D eigenvalue weighted by Crippen LogP contribution is 2.13. The third-order valence-electron chi connectivity index (χ3n) is 2.38. The number of hydrogen-bond donors (Lipinski definition) is 1. The van der Waals surface area contributed by atoms with Crippen LogP contribution in [0.1, 0.15) is 20.3 Å². The van der Waals surface area contributed by atoms with Gasteiger partial charge in [0, 0.05) is 13.1 Å². The Bertz CT molecular complexity index is 178. The second kappa shape index (κ2) is 5.98. The highest BCUT2D eigenvalue weighted by atomic mass is 16.5. The molecule has 0 spiro atoms. The van der Waals surface area contributed by atoms with Crippen LogP contribution in [0.5, 0.6) is 0 Å². The average Bonchev–Trinajstić information content (AvgIpc) is 2.19.